The van der Waals surface area contributed by atoms with Crippen molar-refractivity contribution in [2.45, 2.75) is 71.3 Å². The number of allylic oxidation sites excluding steroid dienone is 2. The number of hydrogen-bond acceptors (Lipinski definition) is 3. The van der Waals surface area contributed by atoms with Crippen molar-refractivity contribution in [1.29, 1.82) is 0 Å². The summed E-state index contributed by atoms with van der Waals surface area (Å²) >= 11 is 0. The van der Waals surface area contributed by atoms with Crippen molar-refractivity contribution in [2.24, 2.45) is 11.3 Å². The van der Waals surface area contributed by atoms with Gasteiger partial charge in [-0.15, -0.1) is 0 Å². The predicted octanol–water partition coefficient (Wildman–Crippen LogP) is 4.00. The first-order valence-electron chi connectivity index (χ1n) is 9.13. The molecule has 1 saturated heterocycles. The third kappa shape index (κ3) is 4.91. The van der Waals surface area contributed by atoms with E-state index in [0.717, 1.165) is 31.4 Å². The molecule has 2 aliphatic rings. The summed E-state index contributed by atoms with van der Waals surface area (Å²) in [5, 5.41) is 18.1. The minimum Gasteiger partial charge on any atom is -0.392 e. The van der Waals surface area contributed by atoms with Crippen molar-refractivity contribution in [3.8, 4) is 0 Å². The van der Waals surface area contributed by atoms with Gasteiger partial charge in [-0.3, -0.25) is 0 Å². The Kier molecular flexibility index (Phi) is 6.47. The van der Waals surface area contributed by atoms with E-state index < -0.39 is 0 Å². The Morgan fingerprint density at radius 3 is 2.52 bits per heavy atom. The van der Waals surface area contributed by atoms with Crippen LogP contribution in [0.5, 0.6) is 0 Å². The fourth-order valence-electron chi connectivity index (χ4n) is 4.35. The van der Waals surface area contributed by atoms with E-state index in [9.17, 15) is 5.11 Å². The minimum atomic E-state index is 0.0113. The second-order valence-electron chi connectivity index (χ2n) is 8.08. The average Bonchev–Trinajstić information content (AvgIpc) is 3.25. The molecular weight excluding hydrogens is 288 g/mol. The van der Waals surface area contributed by atoms with E-state index in [0.29, 0.717) is 11.3 Å². The number of aliphatic hydroxyl groups is 2. The van der Waals surface area contributed by atoms with Crippen LogP contribution >= 0.6 is 0 Å². The molecule has 1 saturated carbocycles. The molecule has 0 aromatic rings. The van der Waals surface area contributed by atoms with E-state index >= 15 is 0 Å². The van der Waals surface area contributed by atoms with Crippen LogP contribution in [0.4, 0.5) is 0 Å². The van der Waals surface area contributed by atoms with Gasteiger partial charge >= 0.3 is 0 Å². The van der Waals surface area contributed by atoms with Gasteiger partial charge in [0.25, 0.3) is 0 Å². The summed E-state index contributed by atoms with van der Waals surface area (Å²) in [5.41, 5.74) is 2.96. The standard InChI is InChI=1S/C20H34O3/c1-16(6-4-7-17(14-22)10-13-21)8-9-18-19(2,3)11-5-12-20(18)15-23-20/h6,10,18,21-22H,4-5,7-9,11-15H2,1-3H3. The van der Waals surface area contributed by atoms with Crippen molar-refractivity contribution >= 4 is 0 Å². The molecule has 2 fully saturated rings. The highest BCUT2D eigenvalue weighted by Crippen LogP contribution is 2.55. The van der Waals surface area contributed by atoms with Crippen LogP contribution in [-0.2, 0) is 4.74 Å². The predicted molar refractivity (Wildman–Crippen MR) is 94.3 cm³/mol. The minimum absolute atomic E-state index is 0.0113. The summed E-state index contributed by atoms with van der Waals surface area (Å²) in [5.74, 6) is 0.675. The lowest BCUT2D eigenvalue weighted by atomic mass is 9.62. The van der Waals surface area contributed by atoms with Gasteiger partial charge in [0.05, 0.1) is 25.4 Å². The van der Waals surface area contributed by atoms with Crippen molar-refractivity contribution in [2.75, 3.05) is 19.8 Å². The summed E-state index contributed by atoms with van der Waals surface area (Å²) in [6.45, 7) is 8.06. The molecule has 0 aromatic heterocycles. The van der Waals surface area contributed by atoms with Gasteiger partial charge in [-0.05, 0) is 68.8 Å². The molecule has 1 spiro atoms. The zero-order valence-electron chi connectivity index (χ0n) is 15.1. The van der Waals surface area contributed by atoms with Crippen LogP contribution < -0.4 is 0 Å². The molecule has 132 valence electrons. The van der Waals surface area contributed by atoms with Crippen LogP contribution in [0.3, 0.4) is 0 Å². The van der Waals surface area contributed by atoms with Gasteiger partial charge in [-0.1, -0.05) is 31.6 Å². The lowest BCUT2D eigenvalue weighted by Gasteiger charge is -2.43. The largest absolute Gasteiger partial charge is 0.392 e. The van der Waals surface area contributed by atoms with Gasteiger partial charge in [-0.25, -0.2) is 0 Å². The molecule has 0 amide bonds. The molecule has 2 N–H and O–H groups in total. The zero-order valence-corrected chi connectivity index (χ0v) is 15.1. The van der Waals surface area contributed by atoms with E-state index in [1.807, 2.05) is 0 Å². The Bertz CT molecular complexity index is 438. The molecule has 1 aliphatic heterocycles. The molecule has 1 heterocycles. The van der Waals surface area contributed by atoms with Crippen LogP contribution in [0.2, 0.25) is 0 Å². The summed E-state index contributed by atoms with van der Waals surface area (Å²) in [7, 11) is 0. The van der Waals surface area contributed by atoms with Gasteiger partial charge in [0.15, 0.2) is 0 Å². The van der Waals surface area contributed by atoms with E-state index in [1.165, 1.54) is 31.3 Å². The van der Waals surface area contributed by atoms with Crippen molar-refractivity contribution in [3.63, 3.8) is 0 Å². The van der Waals surface area contributed by atoms with Gasteiger partial charge in [0.1, 0.15) is 0 Å². The molecule has 0 aromatic carbocycles. The quantitative estimate of drug-likeness (QED) is 0.524. The maximum absolute atomic E-state index is 9.20. The van der Waals surface area contributed by atoms with Gasteiger partial charge in [0.2, 0.25) is 0 Å². The molecule has 2 unspecified atom stereocenters. The first-order valence-corrected chi connectivity index (χ1v) is 9.13. The maximum Gasteiger partial charge on any atom is 0.0949 e. The summed E-state index contributed by atoms with van der Waals surface area (Å²) in [6.07, 6.45) is 12.0. The molecule has 2 rings (SSSR count). The topological polar surface area (TPSA) is 53.0 Å². The number of rotatable bonds is 8. The summed E-state index contributed by atoms with van der Waals surface area (Å²) in [4.78, 5) is 0. The second-order valence-corrected chi connectivity index (χ2v) is 8.08. The maximum atomic E-state index is 9.20. The normalized spacial score (nSPS) is 30.7. The molecule has 2 atom stereocenters. The second kappa shape index (κ2) is 7.96. The highest BCUT2D eigenvalue weighted by Gasteiger charge is 2.57. The molecule has 0 radical (unpaired) electrons. The fraction of sp³-hybridized carbons (Fsp3) is 0.800. The third-order valence-electron chi connectivity index (χ3n) is 5.88. The van der Waals surface area contributed by atoms with Crippen molar-refractivity contribution in [1.82, 2.24) is 0 Å². The Morgan fingerprint density at radius 2 is 1.91 bits per heavy atom. The number of ether oxygens (including phenoxy) is 1. The lowest BCUT2D eigenvalue weighted by Crippen LogP contribution is -2.41. The molecule has 1 aliphatic carbocycles. The van der Waals surface area contributed by atoms with Crippen molar-refractivity contribution in [3.05, 3.63) is 23.3 Å². The zero-order chi connectivity index (χ0) is 16.9. The SMILES string of the molecule is CC(=CCCC(=CCO)CO)CCC1C(C)(C)CCCC12CO2. The molecule has 3 heteroatoms. The Balaban J connectivity index is 1.82. The van der Waals surface area contributed by atoms with Crippen LogP contribution in [-0.4, -0.2) is 35.6 Å². The highest BCUT2D eigenvalue weighted by atomic mass is 16.6. The van der Waals surface area contributed by atoms with Gasteiger partial charge < -0.3 is 14.9 Å². The van der Waals surface area contributed by atoms with Crippen LogP contribution in [0, 0.1) is 11.3 Å². The Labute approximate surface area is 141 Å². The van der Waals surface area contributed by atoms with Crippen LogP contribution in [0.1, 0.15) is 65.7 Å². The third-order valence-corrected chi connectivity index (χ3v) is 5.88. The number of epoxide rings is 1. The lowest BCUT2D eigenvalue weighted by molar-refractivity contribution is 0.0376. The van der Waals surface area contributed by atoms with E-state index in [4.69, 9.17) is 9.84 Å². The van der Waals surface area contributed by atoms with E-state index in [2.05, 4.69) is 26.8 Å². The first-order chi connectivity index (χ1) is 10.9. The molecule has 0 bridgehead atoms. The number of aliphatic hydroxyl groups excluding tert-OH is 2. The summed E-state index contributed by atoms with van der Waals surface area (Å²) in [6, 6.07) is 0. The molecular formula is C20H34O3. The monoisotopic (exact) mass is 322 g/mol. The molecule has 3 nitrogen and oxygen atoms in total. The fourth-order valence-corrected chi connectivity index (χ4v) is 4.35. The Morgan fingerprint density at radius 1 is 1.17 bits per heavy atom. The first kappa shape index (κ1) is 18.7. The van der Waals surface area contributed by atoms with Gasteiger partial charge in [-0.2, -0.15) is 0 Å². The van der Waals surface area contributed by atoms with Crippen molar-refractivity contribution < 1.29 is 14.9 Å². The van der Waals surface area contributed by atoms with Crippen LogP contribution in [0.25, 0.3) is 0 Å². The van der Waals surface area contributed by atoms with E-state index in [-0.39, 0.29) is 18.8 Å². The van der Waals surface area contributed by atoms with Crippen LogP contribution in [0.15, 0.2) is 23.3 Å². The average molecular weight is 322 g/mol. The molecule has 23 heavy (non-hydrogen) atoms. The number of hydrogen-bond donors (Lipinski definition) is 2. The smallest absolute Gasteiger partial charge is 0.0949 e. The van der Waals surface area contributed by atoms with E-state index in [1.54, 1.807) is 6.08 Å². The Hall–Kier alpha value is -0.640. The highest BCUT2D eigenvalue weighted by molar-refractivity contribution is 5.09. The van der Waals surface area contributed by atoms with Gasteiger partial charge in [0, 0.05) is 0 Å². The summed E-state index contributed by atoms with van der Waals surface area (Å²) < 4.78 is 5.89.